The maximum Gasteiger partial charge on any atom is 0.422 e. The van der Waals surface area contributed by atoms with Gasteiger partial charge in [0.2, 0.25) is 5.91 Å². The van der Waals surface area contributed by atoms with E-state index in [1.165, 1.54) is 12.1 Å². The summed E-state index contributed by atoms with van der Waals surface area (Å²) in [7, 11) is 0. The van der Waals surface area contributed by atoms with Crippen LogP contribution in [-0.4, -0.2) is 24.7 Å². The summed E-state index contributed by atoms with van der Waals surface area (Å²) in [5.74, 6) is -0.149. The van der Waals surface area contributed by atoms with E-state index < -0.39 is 18.8 Å². The van der Waals surface area contributed by atoms with Crippen molar-refractivity contribution in [1.82, 2.24) is 5.32 Å². The van der Waals surface area contributed by atoms with Crippen molar-refractivity contribution < 1.29 is 22.7 Å². The molecular formula is C15H22ClF3N2O2. The Morgan fingerprint density at radius 3 is 2.17 bits per heavy atom. The maximum absolute atomic E-state index is 12.0. The van der Waals surface area contributed by atoms with Crippen LogP contribution < -0.4 is 15.8 Å². The monoisotopic (exact) mass is 354 g/mol. The van der Waals surface area contributed by atoms with Crippen LogP contribution in [0.25, 0.3) is 0 Å². The second-order valence-corrected chi connectivity index (χ2v) is 6.11. The normalized spacial score (nSPS) is 13.0. The van der Waals surface area contributed by atoms with Crippen LogP contribution in [0.15, 0.2) is 24.3 Å². The fourth-order valence-electron chi connectivity index (χ4n) is 1.56. The summed E-state index contributed by atoms with van der Waals surface area (Å²) in [5.41, 5.74) is 6.22. The van der Waals surface area contributed by atoms with Crippen LogP contribution in [0, 0.1) is 5.41 Å². The molecule has 0 heterocycles. The average molecular weight is 355 g/mol. The van der Waals surface area contributed by atoms with Gasteiger partial charge in [-0.15, -0.1) is 12.4 Å². The zero-order chi connectivity index (χ0) is 17.0. The molecular weight excluding hydrogens is 333 g/mol. The quantitative estimate of drug-likeness (QED) is 0.854. The summed E-state index contributed by atoms with van der Waals surface area (Å²) in [4.78, 5) is 11.9. The SMILES string of the molecule is CC(C)(C)[C@H](N)C(=O)NCc1ccc(OCC(F)(F)F)cc1.Cl. The number of rotatable bonds is 5. The van der Waals surface area contributed by atoms with Crippen molar-refractivity contribution in [3.8, 4) is 5.75 Å². The minimum Gasteiger partial charge on any atom is -0.484 e. The van der Waals surface area contributed by atoms with Crippen molar-refractivity contribution in [2.75, 3.05) is 6.61 Å². The number of hydrogen-bond donors (Lipinski definition) is 2. The molecule has 1 aromatic rings. The number of benzene rings is 1. The molecule has 0 fully saturated rings. The van der Waals surface area contributed by atoms with Crippen LogP contribution in [0.2, 0.25) is 0 Å². The second-order valence-electron chi connectivity index (χ2n) is 6.11. The zero-order valence-corrected chi connectivity index (χ0v) is 14.1. The Kier molecular flexibility index (Phi) is 7.86. The second kappa shape index (κ2) is 8.40. The molecule has 132 valence electrons. The van der Waals surface area contributed by atoms with E-state index in [4.69, 9.17) is 5.73 Å². The first-order valence-corrected chi connectivity index (χ1v) is 6.81. The van der Waals surface area contributed by atoms with Crippen molar-refractivity contribution in [2.24, 2.45) is 11.1 Å². The van der Waals surface area contributed by atoms with Gasteiger partial charge in [0.25, 0.3) is 0 Å². The minimum absolute atomic E-state index is 0. The number of ether oxygens (including phenoxy) is 1. The summed E-state index contributed by atoms with van der Waals surface area (Å²) in [6.07, 6.45) is -4.37. The summed E-state index contributed by atoms with van der Waals surface area (Å²) < 4.78 is 40.7. The van der Waals surface area contributed by atoms with Crippen molar-refractivity contribution >= 4 is 18.3 Å². The highest BCUT2D eigenvalue weighted by molar-refractivity contribution is 5.85. The van der Waals surface area contributed by atoms with Gasteiger partial charge in [-0.2, -0.15) is 13.2 Å². The molecule has 0 unspecified atom stereocenters. The topological polar surface area (TPSA) is 64.4 Å². The summed E-state index contributed by atoms with van der Waals surface area (Å²) in [5, 5.41) is 2.70. The molecule has 0 saturated carbocycles. The van der Waals surface area contributed by atoms with Gasteiger partial charge in [-0.25, -0.2) is 0 Å². The molecule has 3 N–H and O–H groups in total. The predicted molar refractivity (Wildman–Crippen MR) is 84.5 cm³/mol. The lowest BCUT2D eigenvalue weighted by atomic mass is 9.87. The van der Waals surface area contributed by atoms with Crippen molar-refractivity contribution in [3.63, 3.8) is 0 Å². The largest absolute Gasteiger partial charge is 0.484 e. The first-order chi connectivity index (χ1) is 9.99. The van der Waals surface area contributed by atoms with Gasteiger partial charge in [-0.05, 0) is 23.1 Å². The van der Waals surface area contributed by atoms with Crippen molar-refractivity contribution in [1.29, 1.82) is 0 Å². The Bertz CT molecular complexity index is 499. The van der Waals surface area contributed by atoms with E-state index in [0.29, 0.717) is 0 Å². The van der Waals surface area contributed by atoms with Gasteiger partial charge in [0.05, 0.1) is 6.04 Å². The molecule has 0 aliphatic rings. The van der Waals surface area contributed by atoms with Gasteiger partial charge in [0, 0.05) is 6.54 Å². The molecule has 0 aliphatic heterocycles. The molecule has 8 heteroatoms. The predicted octanol–water partition coefficient (Wildman–Crippen LogP) is 3.04. The fourth-order valence-corrected chi connectivity index (χ4v) is 1.56. The lowest BCUT2D eigenvalue weighted by molar-refractivity contribution is -0.153. The summed E-state index contributed by atoms with van der Waals surface area (Å²) in [6.45, 7) is 4.52. The Labute approximate surface area is 140 Å². The molecule has 1 rings (SSSR count). The van der Waals surface area contributed by atoms with E-state index in [-0.39, 0.29) is 36.0 Å². The molecule has 1 aromatic carbocycles. The van der Waals surface area contributed by atoms with Gasteiger partial charge in [-0.3, -0.25) is 4.79 Å². The van der Waals surface area contributed by atoms with Crippen molar-refractivity contribution in [3.05, 3.63) is 29.8 Å². The highest BCUT2D eigenvalue weighted by atomic mass is 35.5. The third kappa shape index (κ3) is 8.08. The number of amides is 1. The van der Waals surface area contributed by atoms with Crippen LogP contribution in [0.1, 0.15) is 26.3 Å². The van der Waals surface area contributed by atoms with Gasteiger partial charge in [0.1, 0.15) is 5.75 Å². The first-order valence-electron chi connectivity index (χ1n) is 6.81. The highest BCUT2D eigenvalue weighted by Gasteiger charge is 2.28. The Morgan fingerprint density at radius 1 is 1.22 bits per heavy atom. The molecule has 0 saturated heterocycles. The lowest BCUT2D eigenvalue weighted by Gasteiger charge is -2.25. The van der Waals surface area contributed by atoms with E-state index in [9.17, 15) is 18.0 Å². The zero-order valence-electron chi connectivity index (χ0n) is 13.2. The number of nitrogens with one attached hydrogen (secondary N) is 1. The standard InChI is InChI=1S/C15H21F3N2O2.ClH/c1-14(2,3)12(19)13(21)20-8-10-4-6-11(7-5-10)22-9-15(16,17)18;/h4-7,12H,8-9,19H2,1-3H3,(H,20,21);1H/t12-;/m1./s1. The number of alkyl halides is 3. The third-order valence-electron chi connectivity index (χ3n) is 3.01. The van der Waals surface area contributed by atoms with E-state index in [1.54, 1.807) is 12.1 Å². The van der Waals surface area contributed by atoms with Crippen molar-refractivity contribution in [2.45, 2.75) is 39.5 Å². The molecule has 1 atom stereocenters. The Morgan fingerprint density at radius 2 is 1.74 bits per heavy atom. The summed E-state index contributed by atoms with van der Waals surface area (Å²) in [6, 6.07) is 5.40. The van der Waals surface area contributed by atoms with Gasteiger partial charge >= 0.3 is 6.18 Å². The Hall–Kier alpha value is -1.47. The van der Waals surface area contributed by atoms with E-state index in [2.05, 4.69) is 10.1 Å². The number of nitrogens with two attached hydrogens (primary N) is 1. The molecule has 1 amide bonds. The van der Waals surface area contributed by atoms with Gasteiger partial charge in [-0.1, -0.05) is 32.9 Å². The van der Waals surface area contributed by atoms with Crippen LogP contribution >= 0.6 is 12.4 Å². The highest BCUT2D eigenvalue weighted by Crippen LogP contribution is 2.19. The number of carbonyl (C=O) groups is 1. The Balaban J connectivity index is 0.00000484. The minimum atomic E-state index is -4.37. The molecule has 0 spiro atoms. The smallest absolute Gasteiger partial charge is 0.422 e. The average Bonchev–Trinajstić information content (AvgIpc) is 2.41. The maximum atomic E-state index is 12.0. The van der Waals surface area contributed by atoms with Crippen LogP contribution in [0.4, 0.5) is 13.2 Å². The number of hydrogen-bond acceptors (Lipinski definition) is 3. The van der Waals surface area contributed by atoms with E-state index in [1.807, 2.05) is 20.8 Å². The fraction of sp³-hybridized carbons (Fsp3) is 0.533. The third-order valence-corrected chi connectivity index (χ3v) is 3.01. The number of halogens is 4. The van der Waals surface area contributed by atoms with Crippen LogP contribution in [0.3, 0.4) is 0 Å². The molecule has 0 aromatic heterocycles. The molecule has 23 heavy (non-hydrogen) atoms. The molecule has 4 nitrogen and oxygen atoms in total. The van der Waals surface area contributed by atoms with Gasteiger partial charge in [0.15, 0.2) is 6.61 Å². The molecule has 0 radical (unpaired) electrons. The van der Waals surface area contributed by atoms with E-state index in [0.717, 1.165) is 5.56 Å². The van der Waals surface area contributed by atoms with E-state index >= 15 is 0 Å². The van der Waals surface area contributed by atoms with Crippen LogP contribution in [0.5, 0.6) is 5.75 Å². The summed E-state index contributed by atoms with van der Waals surface area (Å²) >= 11 is 0. The lowest BCUT2D eigenvalue weighted by Crippen LogP contribution is -2.48. The van der Waals surface area contributed by atoms with Crippen LogP contribution in [-0.2, 0) is 11.3 Å². The number of carbonyl (C=O) groups excluding carboxylic acids is 1. The molecule has 0 aliphatic carbocycles. The van der Waals surface area contributed by atoms with Gasteiger partial charge < -0.3 is 15.8 Å². The molecule has 0 bridgehead atoms. The first kappa shape index (κ1) is 21.5.